The molecule has 2 aromatic rings. The fourth-order valence-electron chi connectivity index (χ4n) is 13.2. The number of carbonyl (C=O) groups is 18. The third kappa shape index (κ3) is 26.4. The number of primary amides is 1. The van der Waals surface area contributed by atoms with Crippen molar-refractivity contribution >= 4 is 134 Å². The van der Waals surface area contributed by atoms with Gasteiger partial charge < -0.3 is 116 Å². The van der Waals surface area contributed by atoms with Crippen molar-refractivity contribution in [1.82, 2.24) is 78.5 Å². The first-order chi connectivity index (χ1) is 53.3. The van der Waals surface area contributed by atoms with E-state index in [1.54, 1.807) is 30.3 Å². The number of guanidine groups is 1. The summed E-state index contributed by atoms with van der Waals surface area (Å²) in [7, 11) is 1.44. The molecule has 5 aliphatic rings. The average molecular weight is 1610 g/mol. The van der Waals surface area contributed by atoms with Crippen LogP contribution in [0.2, 0.25) is 0 Å². The number of carboxylic acids is 3. The zero-order chi connectivity index (χ0) is 81.9. The molecule has 2 aromatic carbocycles. The van der Waals surface area contributed by atoms with Gasteiger partial charge in [0.25, 0.3) is 0 Å². The Morgan fingerprint density at radius 2 is 0.884 bits per heavy atom. The Bertz CT molecular complexity index is 3850. The van der Waals surface area contributed by atoms with Crippen LogP contribution in [-0.2, 0) is 99.1 Å². The summed E-state index contributed by atoms with van der Waals surface area (Å²) in [6.07, 6.45) is -6.03. The lowest BCUT2D eigenvalue weighted by atomic mass is 10.0. The molecule has 22 N–H and O–H groups in total. The zero-order valence-electron chi connectivity index (χ0n) is 60.8. The number of carboxylic acid groups (broad SMARTS) is 3. The number of amides is 15. The number of nitrogens with two attached hydrogens (primary N) is 2. The van der Waals surface area contributed by atoms with E-state index in [-0.39, 0.29) is 95.3 Å². The summed E-state index contributed by atoms with van der Waals surface area (Å²) >= 11 is 0. The molecule has 5 aliphatic heterocycles. The molecule has 5 saturated heterocycles. The predicted molar refractivity (Wildman–Crippen MR) is 394 cm³/mol. The lowest BCUT2D eigenvalue weighted by Gasteiger charge is -2.33. The number of rotatable bonds is 20. The first kappa shape index (κ1) is 87.9. The van der Waals surface area contributed by atoms with Crippen LogP contribution in [0.25, 0.3) is 0 Å². The van der Waals surface area contributed by atoms with E-state index in [0.29, 0.717) is 16.4 Å². The van der Waals surface area contributed by atoms with E-state index >= 15 is 19.2 Å². The van der Waals surface area contributed by atoms with Crippen LogP contribution in [0.5, 0.6) is 5.75 Å². The average Bonchev–Trinajstić information content (AvgIpc) is 1.63. The van der Waals surface area contributed by atoms with Gasteiger partial charge in [-0.3, -0.25) is 91.7 Å². The maximum atomic E-state index is 15.3. The number of hydrogen-bond donors (Lipinski definition) is 20. The van der Waals surface area contributed by atoms with Crippen LogP contribution in [0.3, 0.4) is 0 Å². The summed E-state index contributed by atoms with van der Waals surface area (Å²) < 4.78 is 0. The van der Waals surface area contributed by atoms with Gasteiger partial charge in [-0.2, -0.15) is 0 Å². The number of aliphatic carboxylic acids is 3. The molecule has 0 radical (unpaired) electrons. The molecule has 0 spiro atoms. The van der Waals surface area contributed by atoms with Crippen LogP contribution >= 0.6 is 21.6 Å². The quantitative estimate of drug-likeness (QED) is 0.0254. The molecule has 0 saturated carbocycles. The van der Waals surface area contributed by atoms with Gasteiger partial charge >= 0.3 is 17.9 Å². The number of hydrogen-bond acceptors (Lipinski definition) is 23. The van der Waals surface area contributed by atoms with E-state index in [2.05, 4.69) is 63.8 Å². The van der Waals surface area contributed by atoms with Gasteiger partial charge in [0.15, 0.2) is 5.96 Å². The Hall–Kier alpha value is -11.4. The smallest absolute Gasteiger partial charge is 0.305 e. The van der Waals surface area contributed by atoms with Gasteiger partial charge in [0, 0.05) is 69.8 Å². The molecule has 610 valence electrons. The number of aliphatic hydroxyl groups excluding tert-OH is 1. The Kier molecular flexibility index (Phi) is 33.5. The molecule has 2 bridgehead atoms. The van der Waals surface area contributed by atoms with Gasteiger partial charge in [-0.1, -0.05) is 64.1 Å². The summed E-state index contributed by atoms with van der Waals surface area (Å²) in [5.74, 6) is -23.0. The van der Waals surface area contributed by atoms with Crippen LogP contribution in [0.1, 0.15) is 107 Å². The number of phenolic OH excluding ortho intramolecular Hbond substituents is 1. The first-order valence-electron chi connectivity index (χ1n) is 36.2. The number of aliphatic hydroxyl groups is 1. The molecule has 5 heterocycles. The van der Waals surface area contributed by atoms with Crippen LogP contribution in [0.15, 0.2) is 54.6 Å². The number of benzene rings is 2. The van der Waals surface area contributed by atoms with Crippen molar-refractivity contribution in [3.63, 3.8) is 0 Å². The first-order valence-corrected chi connectivity index (χ1v) is 38.7. The van der Waals surface area contributed by atoms with Crippen LogP contribution in [0, 0.1) is 5.41 Å². The molecule has 112 heavy (non-hydrogen) atoms. The van der Waals surface area contributed by atoms with E-state index in [4.69, 9.17) is 16.9 Å². The highest BCUT2D eigenvalue weighted by atomic mass is 33.1. The third-order valence-electron chi connectivity index (χ3n) is 19.0. The van der Waals surface area contributed by atoms with Crippen molar-refractivity contribution < 1.29 is 112 Å². The number of aromatic hydroxyl groups is 1. The molecule has 41 nitrogen and oxygen atoms in total. The van der Waals surface area contributed by atoms with Crippen LogP contribution in [-0.4, -0.2) is 282 Å². The summed E-state index contributed by atoms with van der Waals surface area (Å²) in [6, 6.07) is -9.28. The SMILES string of the molecule is N=C(N)NCCC[C@@H]1NC(=O)CNC(=O)[C@H](CC(=O)O)NC(=O)[C@@H]2CCCN2C(=O)[C@H](Cc2ccccc2)NC(=O)[C@@H]2CSSC[C@H](NC1=O)C(=O)N[C@@H](CCC(N)=O)C(=O)N[C@@H](Cc1ccc(O)cc1)C(=O)N[C@@H](CO)C(=O)N[C@@H](CCC(=O)O)C(=O)N1CCC[C@H]1C(=O)N1CCC[C@H]1C(=O)N[C@@H](CCC(=O)O)C(=O)N2. The summed E-state index contributed by atoms with van der Waals surface area (Å²) in [5, 5.41) is 87.7. The fraction of sp³-hybridized carbons (Fsp3) is 0.551. The third-order valence-corrected chi connectivity index (χ3v) is 21.4. The van der Waals surface area contributed by atoms with Crippen molar-refractivity contribution in [3.8, 4) is 5.75 Å². The van der Waals surface area contributed by atoms with Gasteiger partial charge in [-0.25, -0.2) is 0 Å². The van der Waals surface area contributed by atoms with Crippen LogP contribution in [0.4, 0.5) is 0 Å². The molecular formula is C69H94N18O23S2. The van der Waals surface area contributed by atoms with E-state index in [1.165, 1.54) is 24.3 Å². The monoisotopic (exact) mass is 1610 g/mol. The van der Waals surface area contributed by atoms with Gasteiger partial charge in [0.2, 0.25) is 88.6 Å². The molecule has 13 atom stereocenters. The molecule has 5 fully saturated rings. The van der Waals surface area contributed by atoms with Gasteiger partial charge in [0.1, 0.15) is 84.3 Å². The van der Waals surface area contributed by atoms with Gasteiger partial charge in [0.05, 0.1) is 19.6 Å². The van der Waals surface area contributed by atoms with Gasteiger partial charge in [-0.15, -0.1) is 0 Å². The number of nitrogens with one attached hydrogen (secondary N) is 13. The molecule has 15 amide bonds. The van der Waals surface area contributed by atoms with Crippen molar-refractivity contribution in [1.29, 1.82) is 5.41 Å². The van der Waals surface area contributed by atoms with E-state index in [0.717, 1.165) is 25.5 Å². The Morgan fingerprint density at radius 3 is 1.43 bits per heavy atom. The van der Waals surface area contributed by atoms with Crippen molar-refractivity contribution in [2.24, 2.45) is 11.5 Å². The van der Waals surface area contributed by atoms with Crippen LogP contribution < -0.4 is 75.3 Å². The lowest BCUT2D eigenvalue weighted by Crippen LogP contribution is -2.61. The molecule has 0 unspecified atom stereocenters. The maximum absolute atomic E-state index is 15.3. The maximum Gasteiger partial charge on any atom is 0.305 e. The minimum absolute atomic E-state index is 0.0205. The highest BCUT2D eigenvalue weighted by Gasteiger charge is 2.46. The molecular weight excluding hydrogens is 1510 g/mol. The molecule has 43 heteroatoms. The molecule has 7 rings (SSSR count). The topological polar surface area (TPSA) is 638 Å². The lowest BCUT2D eigenvalue weighted by molar-refractivity contribution is -0.148. The second-order valence-corrected chi connectivity index (χ2v) is 29.8. The normalized spacial score (nSPS) is 26.4. The summed E-state index contributed by atoms with van der Waals surface area (Å²) in [6.45, 7) is -2.67. The van der Waals surface area contributed by atoms with E-state index < -0.39 is 267 Å². The number of carbonyl (C=O) groups excluding carboxylic acids is 15. The number of phenols is 1. The van der Waals surface area contributed by atoms with Gasteiger partial charge in [-0.05, 0) is 93.9 Å². The largest absolute Gasteiger partial charge is 0.508 e. The Labute approximate surface area is 648 Å². The van der Waals surface area contributed by atoms with E-state index in [9.17, 15) is 92.7 Å². The van der Waals surface area contributed by atoms with Crippen molar-refractivity contribution in [2.75, 3.05) is 50.8 Å². The zero-order valence-corrected chi connectivity index (χ0v) is 62.4. The summed E-state index contributed by atoms with van der Waals surface area (Å²) in [5.41, 5.74) is 11.8. The molecule has 0 aromatic heterocycles. The number of nitrogens with zero attached hydrogens (tertiary/aromatic N) is 3. The minimum Gasteiger partial charge on any atom is -0.508 e. The Balaban J connectivity index is 1.38. The van der Waals surface area contributed by atoms with E-state index in [1.807, 2.05) is 0 Å². The second kappa shape index (κ2) is 42.7. The molecule has 0 aliphatic carbocycles. The second-order valence-electron chi connectivity index (χ2n) is 27.2. The number of fused-ring (bicyclic) bond motifs is 8. The minimum atomic E-state index is -2.00. The highest BCUT2D eigenvalue weighted by Crippen LogP contribution is 2.29. The standard InChI is InChI=1S/C69H94N18O23S2/c70-51(90)21-18-39-58(100)79-42(28-36-14-16-37(89)17-15-36)60(102)82-45(32-88)61(103)78-41(20-23-54(94)95)66(108)87-27-7-13-50(87)68(110)86-26-6-12-49(86)64(106)77-40(19-22-53(92)93)59(101)84-47-34-112-111-33-46(62(104)76-39)83-57(99)38(10-4-24-73-69(71)72)75-52(91)31-74-56(98)43(30-55(96)97)80-65(107)48-11-5-25-85(48)67(109)44(81-63(47)105)29-35-8-2-1-3-9-35/h1-3,8-9,14-17,38-50,88-89H,4-7,10-13,18-34H2,(H2,70,90)(H,74,98)(H,75,91)(H,76,104)(H,77,106)(H,78,103)(H,79,100)(H,80,107)(H,81,105)(H,82,102)(H,83,99)(H,84,101)(H,92,93)(H,94,95)(H,96,97)(H4,71,72,73)/t38-,39-,40-,41-,42-,43-,44-,45-,46-,47-,48-,49-,50-/m0/s1. The predicted octanol–water partition coefficient (Wildman–Crippen LogP) is -6.75. The van der Waals surface area contributed by atoms with Crippen molar-refractivity contribution in [2.45, 2.75) is 188 Å². The fourth-order valence-corrected chi connectivity index (χ4v) is 15.5. The van der Waals surface area contributed by atoms with Crippen molar-refractivity contribution in [3.05, 3.63) is 65.7 Å². The Morgan fingerprint density at radius 1 is 0.455 bits per heavy atom. The summed E-state index contributed by atoms with van der Waals surface area (Å²) in [4.78, 5) is 258. The highest BCUT2D eigenvalue weighted by molar-refractivity contribution is 8.76.